The number of hydrogen-bond donors (Lipinski definition) is 1. The molecule has 0 aliphatic carbocycles. The zero-order chi connectivity index (χ0) is 12.0. The molecule has 0 aliphatic heterocycles. The van der Waals surface area contributed by atoms with E-state index >= 15 is 0 Å². The molecule has 1 aromatic carbocycles. The van der Waals surface area contributed by atoms with Gasteiger partial charge in [0, 0.05) is 32.9 Å². The number of nitrogens with two attached hydrogens (primary N) is 1. The molecule has 0 aliphatic rings. The second-order valence-electron chi connectivity index (χ2n) is 4.14. The van der Waals surface area contributed by atoms with E-state index in [-0.39, 0.29) is 6.10 Å². The Morgan fingerprint density at radius 1 is 1.31 bits per heavy atom. The van der Waals surface area contributed by atoms with Gasteiger partial charge in [0.1, 0.15) is 0 Å². The third kappa shape index (κ3) is 3.83. The largest absolute Gasteiger partial charge is 0.380 e. The maximum absolute atomic E-state index is 5.58. The van der Waals surface area contributed by atoms with Crippen molar-refractivity contribution in [3.63, 3.8) is 0 Å². The van der Waals surface area contributed by atoms with Crippen molar-refractivity contribution in [2.75, 3.05) is 32.1 Å². The van der Waals surface area contributed by atoms with Gasteiger partial charge in [-0.05, 0) is 25.5 Å². The van der Waals surface area contributed by atoms with Crippen LogP contribution in [0.4, 0.5) is 5.69 Å². The summed E-state index contributed by atoms with van der Waals surface area (Å²) in [5.41, 5.74) is 8.10. The predicted molar refractivity (Wildman–Crippen MR) is 68.9 cm³/mol. The Kier molecular flexibility index (Phi) is 5.29. The summed E-state index contributed by atoms with van der Waals surface area (Å²) in [5.74, 6) is 0. The first kappa shape index (κ1) is 13.0. The number of benzene rings is 1. The van der Waals surface area contributed by atoms with Gasteiger partial charge in [0.15, 0.2) is 0 Å². The van der Waals surface area contributed by atoms with Crippen LogP contribution >= 0.6 is 0 Å². The van der Waals surface area contributed by atoms with Crippen molar-refractivity contribution in [1.82, 2.24) is 0 Å². The fraction of sp³-hybridized carbons (Fsp3) is 0.538. The van der Waals surface area contributed by atoms with Crippen molar-refractivity contribution in [3.8, 4) is 0 Å². The molecule has 0 heterocycles. The quantitative estimate of drug-likeness (QED) is 0.797. The van der Waals surface area contributed by atoms with E-state index in [2.05, 4.69) is 43.1 Å². The normalized spacial score (nSPS) is 12.5. The molecule has 2 N–H and O–H groups in total. The highest BCUT2D eigenvalue weighted by molar-refractivity contribution is 5.46. The van der Waals surface area contributed by atoms with Gasteiger partial charge >= 0.3 is 0 Å². The van der Waals surface area contributed by atoms with E-state index in [4.69, 9.17) is 10.5 Å². The van der Waals surface area contributed by atoms with E-state index in [1.165, 1.54) is 11.3 Å². The molecule has 1 aromatic rings. The monoisotopic (exact) mass is 222 g/mol. The van der Waals surface area contributed by atoms with Crippen LogP contribution in [0.5, 0.6) is 0 Å². The molecular formula is C13H22N2O. The molecule has 0 radical (unpaired) electrons. The zero-order valence-corrected chi connectivity index (χ0v) is 10.4. The molecule has 0 bridgehead atoms. The lowest BCUT2D eigenvalue weighted by atomic mass is 10.2. The van der Waals surface area contributed by atoms with Crippen molar-refractivity contribution >= 4 is 5.69 Å². The van der Waals surface area contributed by atoms with Gasteiger partial charge in [-0.25, -0.2) is 0 Å². The van der Waals surface area contributed by atoms with E-state index in [0.717, 1.165) is 13.0 Å². The Hall–Kier alpha value is -1.06. The van der Waals surface area contributed by atoms with Crippen LogP contribution in [0, 0.1) is 6.92 Å². The van der Waals surface area contributed by atoms with Gasteiger partial charge in [-0.1, -0.05) is 17.7 Å². The standard InChI is InChI=1S/C13H22N2O/c1-11-4-6-12(7-5-11)15(2)9-8-13(10-14)16-3/h4-7,13H,8-10,14H2,1-3H3. The zero-order valence-electron chi connectivity index (χ0n) is 10.4. The maximum Gasteiger partial charge on any atom is 0.0710 e. The molecule has 1 unspecified atom stereocenters. The summed E-state index contributed by atoms with van der Waals surface area (Å²) < 4.78 is 5.25. The number of nitrogens with zero attached hydrogens (tertiary/aromatic N) is 1. The molecule has 0 aromatic heterocycles. The Balaban J connectivity index is 2.46. The number of ether oxygens (including phenoxy) is 1. The summed E-state index contributed by atoms with van der Waals surface area (Å²) in [5, 5.41) is 0. The van der Waals surface area contributed by atoms with Crippen LogP contribution < -0.4 is 10.6 Å². The minimum Gasteiger partial charge on any atom is -0.380 e. The predicted octanol–water partition coefficient (Wildman–Crippen LogP) is 1.80. The molecule has 0 fully saturated rings. The number of aryl methyl sites for hydroxylation is 1. The number of hydrogen-bond acceptors (Lipinski definition) is 3. The lowest BCUT2D eigenvalue weighted by molar-refractivity contribution is 0.104. The van der Waals surface area contributed by atoms with Gasteiger partial charge in [-0.3, -0.25) is 0 Å². The van der Waals surface area contributed by atoms with E-state index in [1.54, 1.807) is 7.11 Å². The van der Waals surface area contributed by atoms with Gasteiger partial charge < -0.3 is 15.4 Å². The van der Waals surface area contributed by atoms with Gasteiger partial charge in [0.2, 0.25) is 0 Å². The molecular weight excluding hydrogens is 200 g/mol. The van der Waals surface area contributed by atoms with Crippen LogP contribution in [0.3, 0.4) is 0 Å². The summed E-state index contributed by atoms with van der Waals surface area (Å²) in [7, 11) is 3.80. The molecule has 16 heavy (non-hydrogen) atoms. The van der Waals surface area contributed by atoms with Crippen molar-refractivity contribution in [1.29, 1.82) is 0 Å². The second kappa shape index (κ2) is 6.51. The smallest absolute Gasteiger partial charge is 0.0710 e. The SMILES string of the molecule is COC(CN)CCN(C)c1ccc(C)cc1. The number of methoxy groups -OCH3 is 1. The topological polar surface area (TPSA) is 38.5 Å². The van der Waals surface area contributed by atoms with Crippen molar-refractivity contribution < 1.29 is 4.74 Å². The van der Waals surface area contributed by atoms with Crippen molar-refractivity contribution in [2.24, 2.45) is 5.73 Å². The minimum atomic E-state index is 0.160. The highest BCUT2D eigenvalue weighted by atomic mass is 16.5. The molecule has 1 atom stereocenters. The van der Waals surface area contributed by atoms with E-state index < -0.39 is 0 Å². The van der Waals surface area contributed by atoms with Crippen LogP contribution in [0.2, 0.25) is 0 Å². The van der Waals surface area contributed by atoms with Crippen LogP contribution in [0.15, 0.2) is 24.3 Å². The summed E-state index contributed by atoms with van der Waals surface area (Å²) in [6, 6.07) is 8.53. The van der Waals surface area contributed by atoms with Gasteiger partial charge in [0.25, 0.3) is 0 Å². The number of anilines is 1. The number of rotatable bonds is 6. The highest BCUT2D eigenvalue weighted by Crippen LogP contribution is 2.14. The summed E-state index contributed by atoms with van der Waals surface area (Å²) in [4.78, 5) is 2.22. The summed E-state index contributed by atoms with van der Waals surface area (Å²) >= 11 is 0. The minimum absolute atomic E-state index is 0.160. The van der Waals surface area contributed by atoms with Gasteiger partial charge in [-0.2, -0.15) is 0 Å². The Morgan fingerprint density at radius 2 is 1.94 bits per heavy atom. The first-order valence-electron chi connectivity index (χ1n) is 5.68. The van der Waals surface area contributed by atoms with Crippen LogP contribution in [-0.2, 0) is 4.74 Å². The molecule has 90 valence electrons. The fourth-order valence-electron chi connectivity index (χ4n) is 1.60. The Bertz CT molecular complexity index is 293. The third-order valence-electron chi connectivity index (χ3n) is 2.86. The molecule has 0 saturated carbocycles. The van der Waals surface area contributed by atoms with E-state index in [1.807, 2.05) is 0 Å². The molecule has 3 nitrogen and oxygen atoms in total. The molecule has 3 heteroatoms. The summed E-state index contributed by atoms with van der Waals surface area (Å²) in [6.45, 7) is 3.64. The Labute approximate surface area is 98.2 Å². The molecule has 1 rings (SSSR count). The average molecular weight is 222 g/mol. The van der Waals surface area contributed by atoms with Gasteiger partial charge in [0.05, 0.1) is 6.10 Å². The lowest BCUT2D eigenvalue weighted by Gasteiger charge is -2.22. The fourth-order valence-corrected chi connectivity index (χ4v) is 1.60. The maximum atomic E-state index is 5.58. The van der Waals surface area contributed by atoms with E-state index in [9.17, 15) is 0 Å². The second-order valence-corrected chi connectivity index (χ2v) is 4.14. The third-order valence-corrected chi connectivity index (χ3v) is 2.86. The van der Waals surface area contributed by atoms with Crippen molar-refractivity contribution in [2.45, 2.75) is 19.4 Å². The van der Waals surface area contributed by atoms with Crippen molar-refractivity contribution in [3.05, 3.63) is 29.8 Å². The summed E-state index contributed by atoms with van der Waals surface area (Å²) in [6.07, 6.45) is 1.12. The average Bonchev–Trinajstić information content (AvgIpc) is 2.31. The van der Waals surface area contributed by atoms with E-state index in [0.29, 0.717) is 6.54 Å². The molecule has 0 saturated heterocycles. The molecule has 0 spiro atoms. The molecule has 0 amide bonds. The Morgan fingerprint density at radius 3 is 2.44 bits per heavy atom. The van der Waals surface area contributed by atoms with Crippen LogP contribution in [0.1, 0.15) is 12.0 Å². The lowest BCUT2D eigenvalue weighted by Crippen LogP contribution is -2.28. The van der Waals surface area contributed by atoms with Crippen LogP contribution in [-0.4, -0.2) is 33.4 Å². The first-order valence-corrected chi connectivity index (χ1v) is 5.68. The first-order chi connectivity index (χ1) is 7.67. The van der Waals surface area contributed by atoms with Gasteiger partial charge in [-0.15, -0.1) is 0 Å². The van der Waals surface area contributed by atoms with Crippen LogP contribution in [0.25, 0.3) is 0 Å². The highest BCUT2D eigenvalue weighted by Gasteiger charge is 2.07.